The summed E-state index contributed by atoms with van der Waals surface area (Å²) in [6.07, 6.45) is 2.09. The molecule has 1 saturated heterocycles. The third-order valence-corrected chi connectivity index (χ3v) is 4.32. The monoisotopic (exact) mass is 328 g/mol. The number of hydrogen-bond donors (Lipinski definition) is 1. The van der Waals surface area contributed by atoms with Crippen LogP contribution in [0.1, 0.15) is 24.4 Å². The predicted octanol–water partition coefficient (Wildman–Crippen LogP) is 3.61. The zero-order valence-corrected chi connectivity index (χ0v) is 13.7. The van der Waals surface area contributed by atoms with Gasteiger partial charge in [-0.3, -0.25) is 9.69 Å². The maximum Gasteiger partial charge on any atom is 0.238 e. The largest absolute Gasteiger partial charge is 0.497 e. The van der Waals surface area contributed by atoms with Gasteiger partial charge < -0.3 is 10.1 Å². The van der Waals surface area contributed by atoms with Crippen LogP contribution in [0.3, 0.4) is 0 Å². The lowest BCUT2D eigenvalue weighted by atomic mass is 10.0. The number of likely N-dealkylation sites (tertiary alicyclic amines) is 1. The van der Waals surface area contributed by atoms with Crippen molar-refractivity contribution in [3.8, 4) is 5.75 Å². The summed E-state index contributed by atoms with van der Waals surface area (Å²) >= 11 is 0. The van der Waals surface area contributed by atoms with Crippen LogP contribution >= 0.6 is 0 Å². The van der Waals surface area contributed by atoms with Gasteiger partial charge in [-0.2, -0.15) is 0 Å². The Morgan fingerprint density at radius 2 is 2.08 bits per heavy atom. The summed E-state index contributed by atoms with van der Waals surface area (Å²) in [6.45, 7) is 1.18. The molecule has 0 bridgehead atoms. The van der Waals surface area contributed by atoms with E-state index in [0.717, 1.165) is 25.1 Å². The summed E-state index contributed by atoms with van der Waals surface area (Å²) in [6, 6.07) is 14.2. The average Bonchev–Trinajstić information content (AvgIpc) is 3.03. The Bertz CT molecular complexity index is 703. The van der Waals surface area contributed by atoms with Crippen molar-refractivity contribution in [1.29, 1.82) is 0 Å². The molecule has 1 fully saturated rings. The van der Waals surface area contributed by atoms with E-state index < -0.39 is 0 Å². The predicted molar refractivity (Wildman–Crippen MR) is 91.6 cm³/mol. The lowest BCUT2D eigenvalue weighted by Crippen LogP contribution is -2.32. The van der Waals surface area contributed by atoms with Crippen molar-refractivity contribution in [3.05, 3.63) is 59.9 Å². The Morgan fingerprint density at radius 3 is 2.79 bits per heavy atom. The second kappa shape index (κ2) is 7.45. The molecule has 0 radical (unpaired) electrons. The van der Waals surface area contributed by atoms with Crippen molar-refractivity contribution < 1.29 is 13.9 Å². The Hall–Kier alpha value is -2.40. The normalized spacial score (nSPS) is 17.7. The van der Waals surface area contributed by atoms with Crippen LogP contribution in [0.4, 0.5) is 10.1 Å². The Labute approximate surface area is 141 Å². The molecular weight excluding hydrogens is 307 g/mol. The molecule has 24 heavy (non-hydrogen) atoms. The Morgan fingerprint density at radius 1 is 1.29 bits per heavy atom. The first-order valence-corrected chi connectivity index (χ1v) is 8.09. The Kier molecular flexibility index (Phi) is 5.11. The highest BCUT2D eigenvalue weighted by Crippen LogP contribution is 2.32. The van der Waals surface area contributed by atoms with Crippen molar-refractivity contribution >= 4 is 11.6 Å². The van der Waals surface area contributed by atoms with Crippen LogP contribution in [0.5, 0.6) is 5.75 Å². The molecule has 1 N–H and O–H groups in total. The van der Waals surface area contributed by atoms with Crippen molar-refractivity contribution in [2.45, 2.75) is 18.9 Å². The molecule has 3 rings (SSSR count). The average molecular weight is 328 g/mol. The van der Waals surface area contributed by atoms with Gasteiger partial charge in [-0.25, -0.2) is 4.39 Å². The van der Waals surface area contributed by atoms with Crippen molar-refractivity contribution in [2.75, 3.05) is 25.5 Å². The van der Waals surface area contributed by atoms with Gasteiger partial charge in [-0.15, -0.1) is 0 Å². The summed E-state index contributed by atoms with van der Waals surface area (Å²) < 4.78 is 18.4. The van der Waals surface area contributed by atoms with Crippen molar-refractivity contribution in [3.63, 3.8) is 0 Å². The number of benzene rings is 2. The number of amides is 1. The van der Waals surface area contributed by atoms with E-state index in [-0.39, 0.29) is 17.8 Å². The van der Waals surface area contributed by atoms with Gasteiger partial charge >= 0.3 is 0 Å². The highest BCUT2D eigenvalue weighted by atomic mass is 19.1. The molecule has 1 atom stereocenters. The number of methoxy groups -OCH3 is 1. The quantitative estimate of drug-likeness (QED) is 0.912. The fourth-order valence-corrected chi connectivity index (χ4v) is 3.17. The molecule has 0 aromatic heterocycles. The summed E-state index contributed by atoms with van der Waals surface area (Å²) in [5.74, 6) is 0.346. The third-order valence-electron chi connectivity index (χ3n) is 4.32. The van der Waals surface area contributed by atoms with Crippen LogP contribution in [-0.4, -0.2) is 31.0 Å². The van der Waals surface area contributed by atoms with Crippen LogP contribution in [0, 0.1) is 5.82 Å². The molecule has 5 heteroatoms. The standard InChI is InChI=1S/C19H21FN2O2/c1-24-17-9-7-14(8-10-17)18-6-3-11-22(18)13-19(23)21-16-5-2-4-15(20)12-16/h2,4-5,7-10,12,18H,3,6,11,13H2,1H3,(H,21,23). The zero-order valence-electron chi connectivity index (χ0n) is 13.7. The molecule has 1 aliphatic heterocycles. The highest BCUT2D eigenvalue weighted by molar-refractivity contribution is 5.92. The number of nitrogens with zero attached hydrogens (tertiary/aromatic N) is 1. The van der Waals surface area contributed by atoms with Crippen LogP contribution in [0.15, 0.2) is 48.5 Å². The molecule has 0 saturated carbocycles. The summed E-state index contributed by atoms with van der Waals surface area (Å²) in [5, 5.41) is 2.76. The van der Waals surface area contributed by atoms with E-state index in [1.54, 1.807) is 19.2 Å². The molecule has 0 spiro atoms. The lowest BCUT2D eigenvalue weighted by Gasteiger charge is -2.24. The maximum atomic E-state index is 13.2. The van der Waals surface area contributed by atoms with Crippen molar-refractivity contribution in [2.24, 2.45) is 0 Å². The van der Waals surface area contributed by atoms with E-state index in [1.165, 1.54) is 17.7 Å². The topological polar surface area (TPSA) is 41.6 Å². The minimum absolute atomic E-state index is 0.124. The second-order valence-electron chi connectivity index (χ2n) is 5.96. The molecule has 0 aliphatic carbocycles. The van der Waals surface area contributed by atoms with Crippen LogP contribution < -0.4 is 10.1 Å². The third kappa shape index (κ3) is 3.92. The van der Waals surface area contributed by atoms with Crippen molar-refractivity contribution in [1.82, 2.24) is 4.90 Å². The van der Waals surface area contributed by atoms with E-state index in [9.17, 15) is 9.18 Å². The number of ether oxygens (including phenoxy) is 1. The minimum atomic E-state index is -0.356. The lowest BCUT2D eigenvalue weighted by molar-refractivity contribution is -0.117. The number of carbonyl (C=O) groups excluding carboxylic acids is 1. The van der Waals surface area contributed by atoms with Gasteiger partial charge in [0.05, 0.1) is 13.7 Å². The van der Waals surface area contributed by atoms with Crippen LogP contribution in [0.25, 0.3) is 0 Å². The van der Waals surface area contributed by atoms with E-state index in [1.807, 2.05) is 24.3 Å². The molecule has 1 aliphatic rings. The molecule has 4 nitrogen and oxygen atoms in total. The maximum absolute atomic E-state index is 13.2. The number of carbonyl (C=O) groups is 1. The molecule has 2 aromatic rings. The van der Waals surface area contributed by atoms with Gasteiger partial charge in [-0.1, -0.05) is 18.2 Å². The first kappa shape index (κ1) is 16.5. The number of nitrogens with one attached hydrogen (secondary N) is 1. The van der Waals surface area contributed by atoms with Crippen LogP contribution in [0.2, 0.25) is 0 Å². The SMILES string of the molecule is COc1ccc(C2CCCN2CC(=O)Nc2cccc(F)c2)cc1. The number of hydrogen-bond acceptors (Lipinski definition) is 3. The second-order valence-corrected chi connectivity index (χ2v) is 5.96. The van der Waals surface area contributed by atoms with Gasteiger partial charge in [0.1, 0.15) is 11.6 Å². The zero-order chi connectivity index (χ0) is 16.9. The van der Waals surface area contributed by atoms with Gasteiger partial charge in [0.25, 0.3) is 0 Å². The van der Waals surface area contributed by atoms with Gasteiger partial charge in [0.15, 0.2) is 0 Å². The molecule has 1 unspecified atom stereocenters. The number of halogens is 1. The highest BCUT2D eigenvalue weighted by Gasteiger charge is 2.27. The fourth-order valence-electron chi connectivity index (χ4n) is 3.17. The van der Waals surface area contributed by atoms with E-state index in [4.69, 9.17) is 4.74 Å². The number of rotatable bonds is 5. The molecular formula is C19H21FN2O2. The summed E-state index contributed by atoms with van der Waals surface area (Å²) in [4.78, 5) is 14.4. The number of anilines is 1. The van der Waals surface area contributed by atoms with E-state index in [0.29, 0.717) is 12.2 Å². The van der Waals surface area contributed by atoms with E-state index >= 15 is 0 Å². The van der Waals surface area contributed by atoms with Crippen LogP contribution in [-0.2, 0) is 4.79 Å². The van der Waals surface area contributed by atoms with E-state index in [2.05, 4.69) is 10.2 Å². The van der Waals surface area contributed by atoms with Gasteiger partial charge in [0.2, 0.25) is 5.91 Å². The van der Waals surface area contributed by atoms with Gasteiger partial charge in [0, 0.05) is 11.7 Å². The minimum Gasteiger partial charge on any atom is -0.497 e. The summed E-state index contributed by atoms with van der Waals surface area (Å²) in [5.41, 5.74) is 1.67. The Balaban J connectivity index is 1.63. The first-order valence-electron chi connectivity index (χ1n) is 8.09. The summed E-state index contributed by atoms with van der Waals surface area (Å²) in [7, 11) is 1.65. The van der Waals surface area contributed by atoms with Gasteiger partial charge in [-0.05, 0) is 55.3 Å². The first-order chi connectivity index (χ1) is 11.7. The molecule has 2 aromatic carbocycles. The molecule has 1 amide bonds. The molecule has 126 valence electrons. The fraction of sp³-hybridized carbons (Fsp3) is 0.316. The smallest absolute Gasteiger partial charge is 0.238 e. The molecule has 1 heterocycles.